The Hall–Kier alpha value is -1.12. The molecule has 1 saturated carbocycles. The second-order valence-electron chi connectivity index (χ2n) is 4.70. The molecule has 0 atom stereocenters. The zero-order chi connectivity index (χ0) is 10.3. The summed E-state index contributed by atoms with van der Waals surface area (Å²) in [6, 6.07) is 0. The summed E-state index contributed by atoms with van der Waals surface area (Å²) < 4.78 is 6.06. The summed E-state index contributed by atoms with van der Waals surface area (Å²) in [5.41, 5.74) is 9.51. The van der Waals surface area contributed by atoms with Gasteiger partial charge in [0.05, 0.1) is 11.8 Å². The molecule has 0 radical (unpaired) electrons. The monoisotopic (exact) mass is 206 g/mol. The molecule has 2 bridgehead atoms. The van der Waals surface area contributed by atoms with Gasteiger partial charge < -0.3 is 15.8 Å². The van der Waals surface area contributed by atoms with E-state index in [9.17, 15) is 0 Å². The van der Waals surface area contributed by atoms with Crippen molar-refractivity contribution in [1.82, 2.24) is 5.32 Å². The van der Waals surface area contributed by atoms with Crippen LogP contribution in [0.5, 0.6) is 0 Å². The average molecular weight is 206 g/mol. The first kappa shape index (κ1) is 9.13. The van der Waals surface area contributed by atoms with Gasteiger partial charge in [-0.25, -0.2) is 0 Å². The van der Waals surface area contributed by atoms with Crippen molar-refractivity contribution in [3.8, 4) is 0 Å². The number of ether oxygens (including phenoxy) is 1. The lowest BCUT2D eigenvalue weighted by Crippen LogP contribution is -2.34. The Bertz CT molecular complexity index is 326. The van der Waals surface area contributed by atoms with E-state index in [1.165, 1.54) is 37.0 Å². The number of allylic oxidation sites excluding steroid dienone is 1. The molecule has 1 saturated heterocycles. The van der Waals surface area contributed by atoms with Crippen LogP contribution in [0.4, 0.5) is 0 Å². The van der Waals surface area contributed by atoms with Crippen LogP contribution in [-0.4, -0.2) is 12.6 Å². The van der Waals surface area contributed by atoms with Crippen molar-refractivity contribution >= 4 is 0 Å². The van der Waals surface area contributed by atoms with Gasteiger partial charge >= 0.3 is 0 Å². The number of hydrogen-bond acceptors (Lipinski definition) is 3. The molecule has 0 unspecified atom stereocenters. The summed E-state index contributed by atoms with van der Waals surface area (Å²) in [6.45, 7) is 0.943. The molecule has 0 aromatic heterocycles. The fourth-order valence-corrected chi connectivity index (χ4v) is 2.74. The molecule has 0 aromatic rings. The molecule has 3 heteroatoms. The predicted octanol–water partition coefficient (Wildman–Crippen LogP) is 1.77. The van der Waals surface area contributed by atoms with Gasteiger partial charge in [0.25, 0.3) is 0 Å². The summed E-state index contributed by atoms with van der Waals surface area (Å²) in [4.78, 5) is 0. The fraction of sp³-hybridized carbons (Fsp3) is 0.667. The predicted molar refractivity (Wildman–Crippen MR) is 58.8 cm³/mol. The first-order chi connectivity index (χ1) is 7.34. The number of hydrogen-bond donors (Lipinski definition) is 2. The highest BCUT2D eigenvalue weighted by Gasteiger charge is 2.28. The first-order valence-electron chi connectivity index (χ1n) is 5.96. The zero-order valence-electron chi connectivity index (χ0n) is 9.01. The third-order valence-electron chi connectivity index (χ3n) is 3.67. The van der Waals surface area contributed by atoms with E-state index >= 15 is 0 Å². The summed E-state index contributed by atoms with van der Waals surface area (Å²) in [5.74, 6) is 1.02. The van der Waals surface area contributed by atoms with Gasteiger partial charge in [-0.3, -0.25) is 0 Å². The van der Waals surface area contributed by atoms with Gasteiger partial charge in [-0.15, -0.1) is 0 Å². The van der Waals surface area contributed by atoms with Gasteiger partial charge in [-0.05, 0) is 44.1 Å². The first-order valence-corrected chi connectivity index (χ1v) is 5.96. The van der Waals surface area contributed by atoms with E-state index in [-0.39, 0.29) is 0 Å². The lowest BCUT2D eigenvalue weighted by Gasteiger charge is -2.32. The van der Waals surface area contributed by atoms with E-state index < -0.39 is 0 Å². The average Bonchev–Trinajstić information content (AvgIpc) is 2.77. The largest absolute Gasteiger partial charge is 0.488 e. The third kappa shape index (κ3) is 1.50. The quantitative estimate of drug-likeness (QED) is 0.724. The Morgan fingerprint density at radius 2 is 2.00 bits per heavy atom. The van der Waals surface area contributed by atoms with E-state index in [4.69, 9.17) is 10.5 Å². The molecule has 4 rings (SSSR count). The van der Waals surface area contributed by atoms with E-state index in [0.29, 0.717) is 6.10 Å². The molecule has 15 heavy (non-hydrogen) atoms. The van der Waals surface area contributed by atoms with Crippen molar-refractivity contribution in [3.05, 3.63) is 22.7 Å². The molecular formula is C12H18N2O. The zero-order valence-corrected chi connectivity index (χ0v) is 9.01. The van der Waals surface area contributed by atoms with Gasteiger partial charge in [0.15, 0.2) is 0 Å². The van der Waals surface area contributed by atoms with Crippen LogP contribution in [0.15, 0.2) is 22.7 Å². The van der Waals surface area contributed by atoms with Crippen LogP contribution in [0.1, 0.15) is 38.5 Å². The molecule has 3 N–H and O–H groups in total. The maximum Gasteiger partial charge on any atom is 0.145 e. The number of nitrogens with one attached hydrogen (secondary N) is 1. The number of fused-ring (bicyclic) bond motifs is 3. The molecule has 4 aliphatic rings. The third-order valence-corrected chi connectivity index (χ3v) is 3.67. The number of piperidine rings is 1. The Labute approximate surface area is 90.4 Å². The smallest absolute Gasteiger partial charge is 0.145 e. The van der Waals surface area contributed by atoms with Crippen molar-refractivity contribution in [2.45, 2.75) is 44.6 Å². The standard InChI is InChI=1S/C12H18N2O/c13-11-10-6-5-8(7-14-10)12(11)15-9-3-1-2-4-9/h9,14H,1-7,13H2. The van der Waals surface area contributed by atoms with Crippen molar-refractivity contribution in [2.75, 3.05) is 6.54 Å². The molecule has 3 nitrogen and oxygen atoms in total. The SMILES string of the molecule is NC1=C2CCC(=C1OC1CCCC1)CN2. The van der Waals surface area contributed by atoms with Gasteiger partial charge in [-0.2, -0.15) is 0 Å². The molecule has 0 spiro atoms. The summed E-state index contributed by atoms with van der Waals surface area (Å²) in [6.07, 6.45) is 7.64. The maximum atomic E-state index is 6.08. The van der Waals surface area contributed by atoms with Crippen molar-refractivity contribution in [1.29, 1.82) is 0 Å². The number of nitrogens with two attached hydrogens (primary N) is 1. The van der Waals surface area contributed by atoms with Crippen LogP contribution >= 0.6 is 0 Å². The Morgan fingerprint density at radius 1 is 1.20 bits per heavy atom. The second-order valence-corrected chi connectivity index (χ2v) is 4.70. The topological polar surface area (TPSA) is 47.3 Å². The van der Waals surface area contributed by atoms with Crippen molar-refractivity contribution < 1.29 is 4.74 Å². The van der Waals surface area contributed by atoms with Crippen molar-refractivity contribution in [2.24, 2.45) is 5.73 Å². The fourth-order valence-electron chi connectivity index (χ4n) is 2.74. The van der Waals surface area contributed by atoms with Gasteiger partial charge in [0, 0.05) is 12.2 Å². The van der Waals surface area contributed by atoms with Crippen molar-refractivity contribution in [3.63, 3.8) is 0 Å². The molecule has 0 amide bonds. The lowest BCUT2D eigenvalue weighted by molar-refractivity contribution is 0.121. The van der Waals surface area contributed by atoms with Crippen LogP contribution in [-0.2, 0) is 4.74 Å². The van der Waals surface area contributed by atoms with E-state index in [0.717, 1.165) is 30.8 Å². The Morgan fingerprint density at radius 3 is 2.60 bits per heavy atom. The summed E-state index contributed by atoms with van der Waals surface area (Å²) >= 11 is 0. The van der Waals surface area contributed by atoms with Gasteiger partial charge in [0.1, 0.15) is 5.76 Å². The molecule has 2 heterocycles. The summed E-state index contributed by atoms with van der Waals surface area (Å²) in [5, 5.41) is 3.34. The second kappa shape index (κ2) is 3.47. The Kier molecular flexibility index (Phi) is 2.11. The van der Waals surface area contributed by atoms with E-state index in [2.05, 4.69) is 5.32 Å². The van der Waals surface area contributed by atoms with Crippen LogP contribution < -0.4 is 11.1 Å². The van der Waals surface area contributed by atoms with Gasteiger partial charge in [-0.1, -0.05) is 0 Å². The highest BCUT2D eigenvalue weighted by Crippen LogP contribution is 2.34. The molecular weight excluding hydrogens is 188 g/mol. The van der Waals surface area contributed by atoms with Gasteiger partial charge in [0.2, 0.25) is 0 Å². The highest BCUT2D eigenvalue weighted by atomic mass is 16.5. The number of rotatable bonds is 2. The minimum Gasteiger partial charge on any atom is -0.488 e. The van der Waals surface area contributed by atoms with Crippen LogP contribution in [0.3, 0.4) is 0 Å². The molecule has 2 aliphatic heterocycles. The Balaban J connectivity index is 1.80. The van der Waals surface area contributed by atoms with Crippen LogP contribution in [0.2, 0.25) is 0 Å². The molecule has 2 fully saturated rings. The number of dihydropyridines is 1. The highest BCUT2D eigenvalue weighted by molar-refractivity contribution is 5.41. The normalized spacial score (nSPS) is 26.1. The minimum absolute atomic E-state index is 0.422. The van der Waals surface area contributed by atoms with Crippen LogP contribution in [0.25, 0.3) is 0 Å². The van der Waals surface area contributed by atoms with E-state index in [1.807, 2.05) is 0 Å². The van der Waals surface area contributed by atoms with E-state index in [1.54, 1.807) is 0 Å². The van der Waals surface area contributed by atoms with Crippen LogP contribution in [0, 0.1) is 0 Å². The molecule has 82 valence electrons. The maximum absolute atomic E-state index is 6.08. The lowest BCUT2D eigenvalue weighted by atomic mass is 9.94. The molecule has 2 aliphatic carbocycles. The minimum atomic E-state index is 0.422. The molecule has 0 aromatic carbocycles. The summed E-state index contributed by atoms with van der Waals surface area (Å²) in [7, 11) is 0.